The van der Waals surface area contributed by atoms with Gasteiger partial charge in [-0.15, -0.1) is 0 Å². The quantitative estimate of drug-likeness (QED) is 0.388. The van der Waals surface area contributed by atoms with E-state index in [0.29, 0.717) is 6.61 Å². The Balaban J connectivity index is 1.06. The van der Waals surface area contributed by atoms with E-state index in [9.17, 15) is 9.59 Å². The molecule has 4 atom stereocenters. The summed E-state index contributed by atoms with van der Waals surface area (Å²) in [5, 5.41) is 1.07. The van der Waals surface area contributed by atoms with Crippen LogP contribution in [0.15, 0.2) is 36.4 Å². The standard InChI is InChI=1S/C23H29N3O4/c1-29-19-6-3-2-5-18(19)25-12-10-24(11-13-25)9-4-14-30-26-22(27)20-16-7-8-17(15-16)21(20)23(26)28/h2-3,5-8,16-17,20-21H,4,9-15H2,1H3/t16-,17+,20?,21?. The Kier molecular flexibility index (Phi) is 5.25. The van der Waals surface area contributed by atoms with Gasteiger partial charge in [-0.1, -0.05) is 24.3 Å². The van der Waals surface area contributed by atoms with Crippen molar-refractivity contribution in [2.24, 2.45) is 23.7 Å². The zero-order valence-corrected chi connectivity index (χ0v) is 17.4. The number of hydrogen-bond donors (Lipinski definition) is 0. The number of allylic oxidation sites excluding steroid dienone is 2. The van der Waals surface area contributed by atoms with E-state index in [0.717, 1.165) is 62.1 Å². The highest BCUT2D eigenvalue weighted by molar-refractivity contribution is 6.05. The van der Waals surface area contributed by atoms with Crippen molar-refractivity contribution in [3.63, 3.8) is 0 Å². The lowest BCUT2D eigenvalue weighted by molar-refractivity contribution is -0.190. The minimum absolute atomic E-state index is 0.132. The summed E-state index contributed by atoms with van der Waals surface area (Å²) < 4.78 is 5.48. The maximum atomic E-state index is 12.6. The molecule has 1 aromatic rings. The molecule has 2 saturated heterocycles. The fraction of sp³-hybridized carbons (Fsp3) is 0.565. The lowest BCUT2D eigenvalue weighted by atomic mass is 9.85. The first-order valence-corrected chi connectivity index (χ1v) is 11.0. The summed E-state index contributed by atoms with van der Waals surface area (Å²) in [7, 11) is 1.71. The molecule has 1 saturated carbocycles. The first-order chi connectivity index (χ1) is 14.7. The summed E-state index contributed by atoms with van der Waals surface area (Å²) in [6, 6.07) is 8.13. The van der Waals surface area contributed by atoms with E-state index in [2.05, 4.69) is 28.0 Å². The van der Waals surface area contributed by atoms with Crippen molar-refractivity contribution in [2.45, 2.75) is 12.8 Å². The van der Waals surface area contributed by atoms with Crippen molar-refractivity contribution < 1.29 is 19.2 Å². The molecular weight excluding hydrogens is 382 g/mol. The van der Waals surface area contributed by atoms with Crippen molar-refractivity contribution in [1.29, 1.82) is 0 Å². The third kappa shape index (κ3) is 3.30. The SMILES string of the molecule is COc1ccccc1N1CCN(CCCON2C(=O)C3C(C2=O)[C@H]2C=C[C@@H]3C2)CC1. The Bertz CT molecular complexity index is 819. The average molecular weight is 412 g/mol. The summed E-state index contributed by atoms with van der Waals surface area (Å²) in [6.45, 7) is 5.13. The van der Waals surface area contributed by atoms with Crippen LogP contribution in [0.4, 0.5) is 5.69 Å². The summed E-state index contributed by atoms with van der Waals surface area (Å²) >= 11 is 0. The number of fused-ring (bicyclic) bond motifs is 5. The van der Waals surface area contributed by atoms with Crippen molar-refractivity contribution in [3.05, 3.63) is 36.4 Å². The van der Waals surface area contributed by atoms with E-state index in [1.807, 2.05) is 18.2 Å². The van der Waals surface area contributed by atoms with Gasteiger partial charge in [-0.25, -0.2) is 0 Å². The Hall–Kier alpha value is -2.38. The third-order valence-electron chi connectivity index (χ3n) is 7.07. The largest absolute Gasteiger partial charge is 0.495 e. The zero-order chi connectivity index (χ0) is 20.7. The lowest BCUT2D eigenvalue weighted by Gasteiger charge is -2.36. The molecule has 1 aromatic carbocycles. The first kappa shape index (κ1) is 19.6. The number of amides is 2. The van der Waals surface area contributed by atoms with Crippen LogP contribution in [0.2, 0.25) is 0 Å². The number of nitrogens with zero attached hydrogens (tertiary/aromatic N) is 3. The van der Waals surface area contributed by atoms with Gasteiger partial charge in [-0.2, -0.15) is 5.06 Å². The molecule has 0 radical (unpaired) electrons. The van der Waals surface area contributed by atoms with Crippen LogP contribution in [-0.4, -0.2) is 68.2 Å². The van der Waals surface area contributed by atoms with Crippen LogP contribution in [0.3, 0.4) is 0 Å². The number of carbonyl (C=O) groups is 2. The molecule has 0 spiro atoms. The molecule has 2 aliphatic heterocycles. The molecule has 2 aliphatic carbocycles. The fourth-order valence-electron chi connectivity index (χ4n) is 5.55. The number of carbonyl (C=O) groups excluding carboxylic acids is 2. The van der Waals surface area contributed by atoms with Gasteiger partial charge in [0.25, 0.3) is 11.8 Å². The van der Waals surface area contributed by atoms with Crippen LogP contribution in [0, 0.1) is 23.7 Å². The van der Waals surface area contributed by atoms with E-state index in [4.69, 9.17) is 9.57 Å². The topological polar surface area (TPSA) is 62.3 Å². The second kappa shape index (κ2) is 8.04. The molecule has 7 heteroatoms. The molecule has 2 bridgehead atoms. The molecule has 5 rings (SSSR count). The van der Waals surface area contributed by atoms with Crippen molar-refractivity contribution >= 4 is 17.5 Å². The predicted molar refractivity (Wildman–Crippen MR) is 112 cm³/mol. The second-order valence-electron chi connectivity index (χ2n) is 8.66. The zero-order valence-electron chi connectivity index (χ0n) is 17.4. The molecule has 30 heavy (non-hydrogen) atoms. The summed E-state index contributed by atoms with van der Waals surface area (Å²) in [6.07, 6.45) is 5.95. The summed E-state index contributed by atoms with van der Waals surface area (Å²) in [4.78, 5) is 35.7. The van der Waals surface area contributed by atoms with Gasteiger partial charge < -0.3 is 9.64 Å². The molecule has 4 aliphatic rings. The second-order valence-corrected chi connectivity index (χ2v) is 8.66. The van der Waals surface area contributed by atoms with Crippen LogP contribution in [0.25, 0.3) is 0 Å². The summed E-state index contributed by atoms with van der Waals surface area (Å²) in [5.74, 6) is 0.729. The van der Waals surface area contributed by atoms with Crippen LogP contribution in [0.1, 0.15) is 12.8 Å². The predicted octanol–water partition coefficient (Wildman–Crippen LogP) is 1.95. The number of hydroxylamine groups is 2. The minimum atomic E-state index is -0.185. The van der Waals surface area contributed by atoms with Crippen molar-refractivity contribution in [3.8, 4) is 5.75 Å². The van der Waals surface area contributed by atoms with E-state index >= 15 is 0 Å². The van der Waals surface area contributed by atoms with Gasteiger partial charge >= 0.3 is 0 Å². The molecule has 2 amide bonds. The number of hydrogen-bond acceptors (Lipinski definition) is 6. The maximum absolute atomic E-state index is 12.6. The molecule has 2 unspecified atom stereocenters. The Morgan fingerprint density at radius 1 is 0.967 bits per heavy atom. The Labute approximate surface area is 177 Å². The monoisotopic (exact) mass is 411 g/mol. The Morgan fingerprint density at radius 2 is 1.63 bits per heavy atom. The first-order valence-electron chi connectivity index (χ1n) is 11.0. The molecule has 0 aromatic heterocycles. The van der Waals surface area contributed by atoms with Gasteiger partial charge in [0, 0.05) is 32.7 Å². The highest BCUT2D eigenvalue weighted by Gasteiger charge is 2.60. The number of methoxy groups -OCH3 is 1. The number of ether oxygens (including phenoxy) is 1. The third-order valence-corrected chi connectivity index (χ3v) is 7.07. The molecule has 0 N–H and O–H groups in total. The van der Waals surface area contributed by atoms with Crippen molar-refractivity contribution in [1.82, 2.24) is 9.96 Å². The highest BCUT2D eigenvalue weighted by atomic mass is 16.7. The van der Waals surface area contributed by atoms with Crippen LogP contribution >= 0.6 is 0 Å². The van der Waals surface area contributed by atoms with Gasteiger partial charge in [-0.3, -0.25) is 19.3 Å². The van der Waals surface area contributed by atoms with Gasteiger partial charge in [0.2, 0.25) is 0 Å². The molecular formula is C23H29N3O4. The smallest absolute Gasteiger partial charge is 0.258 e. The van der Waals surface area contributed by atoms with E-state index < -0.39 is 0 Å². The van der Waals surface area contributed by atoms with Gasteiger partial charge in [0.15, 0.2) is 0 Å². The molecule has 7 nitrogen and oxygen atoms in total. The molecule has 2 heterocycles. The van der Waals surface area contributed by atoms with Gasteiger partial charge in [-0.05, 0) is 36.8 Å². The number of para-hydroxylation sites is 2. The number of imide groups is 1. The van der Waals surface area contributed by atoms with Crippen LogP contribution in [0.5, 0.6) is 5.75 Å². The van der Waals surface area contributed by atoms with Crippen LogP contribution < -0.4 is 9.64 Å². The highest BCUT2D eigenvalue weighted by Crippen LogP contribution is 2.52. The lowest BCUT2D eigenvalue weighted by Crippen LogP contribution is -2.47. The van der Waals surface area contributed by atoms with E-state index in [1.165, 1.54) is 0 Å². The number of rotatable bonds is 7. The Morgan fingerprint density at radius 3 is 2.30 bits per heavy atom. The molecule has 160 valence electrons. The van der Waals surface area contributed by atoms with E-state index in [1.54, 1.807) is 7.11 Å². The number of anilines is 1. The summed E-state index contributed by atoms with van der Waals surface area (Å²) in [5.41, 5.74) is 1.14. The van der Waals surface area contributed by atoms with E-state index in [-0.39, 0.29) is 35.5 Å². The van der Waals surface area contributed by atoms with Gasteiger partial charge in [0.05, 0.1) is 31.2 Å². The van der Waals surface area contributed by atoms with Crippen molar-refractivity contribution in [2.75, 3.05) is 51.3 Å². The number of benzene rings is 1. The number of piperazine rings is 1. The van der Waals surface area contributed by atoms with Crippen LogP contribution in [-0.2, 0) is 14.4 Å². The maximum Gasteiger partial charge on any atom is 0.258 e. The normalized spacial score (nSPS) is 30.4. The molecule has 3 fully saturated rings. The minimum Gasteiger partial charge on any atom is -0.495 e. The average Bonchev–Trinajstić information content (AvgIpc) is 3.46. The van der Waals surface area contributed by atoms with Gasteiger partial charge in [0.1, 0.15) is 5.75 Å². The fourth-order valence-corrected chi connectivity index (χ4v) is 5.55.